The molecular formula is C10H15NO3. The van der Waals surface area contributed by atoms with Crippen molar-refractivity contribution in [3.8, 4) is 0 Å². The monoisotopic (exact) mass is 197 g/mol. The van der Waals surface area contributed by atoms with Gasteiger partial charge in [0, 0.05) is 6.92 Å². The Kier molecular flexibility index (Phi) is 2.01. The van der Waals surface area contributed by atoms with Gasteiger partial charge in [-0.2, -0.15) is 0 Å². The number of hydrogen-bond donors (Lipinski definition) is 2. The highest BCUT2D eigenvalue weighted by Gasteiger charge is 2.60. The van der Waals surface area contributed by atoms with Gasteiger partial charge in [0.05, 0.1) is 0 Å². The van der Waals surface area contributed by atoms with Gasteiger partial charge in [-0.25, -0.2) is 4.79 Å². The first-order valence-corrected chi connectivity index (χ1v) is 5.09. The molecule has 4 heteroatoms. The van der Waals surface area contributed by atoms with Gasteiger partial charge in [-0.1, -0.05) is 0 Å². The van der Waals surface area contributed by atoms with Crippen LogP contribution in [0.1, 0.15) is 32.6 Å². The van der Waals surface area contributed by atoms with Gasteiger partial charge < -0.3 is 10.4 Å². The molecule has 2 N–H and O–H groups in total. The smallest absolute Gasteiger partial charge is 0.329 e. The molecule has 2 aliphatic carbocycles. The highest BCUT2D eigenvalue weighted by atomic mass is 16.4. The number of carbonyl (C=O) groups excluding carboxylic acids is 1. The van der Waals surface area contributed by atoms with Gasteiger partial charge in [0.1, 0.15) is 5.54 Å². The van der Waals surface area contributed by atoms with Crippen LogP contribution in [0, 0.1) is 11.8 Å². The Bertz CT molecular complexity index is 267. The lowest BCUT2D eigenvalue weighted by Crippen LogP contribution is -2.57. The highest BCUT2D eigenvalue weighted by Crippen LogP contribution is 2.52. The van der Waals surface area contributed by atoms with E-state index in [1.807, 2.05) is 0 Å². The third kappa shape index (κ3) is 1.38. The van der Waals surface area contributed by atoms with E-state index in [1.54, 1.807) is 0 Å². The summed E-state index contributed by atoms with van der Waals surface area (Å²) in [5.74, 6) is -0.753. The summed E-state index contributed by atoms with van der Waals surface area (Å²) < 4.78 is 0. The number of carbonyl (C=O) groups is 2. The maximum Gasteiger partial charge on any atom is 0.329 e. The summed E-state index contributed by atoms with van der Waals surface area (Å²) >= 11 is 0. The van der Waals surface area contributed by atoms with Gasteiger partial charge in [0.25, 0.3) is 0 Å². The fourth-order valence-electron chi connectivity index (χ4n) is 2.31. The molecular weight excluding hydrogens is 182 g/mol. The van der Waals surface area contributed by atoms with E-state index in [-0.39, 0.29) is 17.7 Å². The van der Waals surface area contributed by atoms with Crippen molar-refractivity contribution in [1.82, 2.24) is 5.32 Å². The van der Waals surface area contributed by atoms with Crippen molar-refractivity contribution in [2.75, 3.05) is 0 Å². The summed E-state index contributed by atoms with van der Waals surface area (Å²) in [5, 5.41) is 12.0. The minimum atomic E-state index is -0.939. The van der Waals surface area contributed by atoms with Crippen LogP contribution < -0.4 is 5.32 Å². The zero-order chi connectivity index (χ0) is 10.3. The highest BCUT2D eigenvalue weighted by molar-refractivity contribution is 5.87. The fourth-order valence-corrected chi connectivity index (χ4v) is 2.31. The van der Waals surface area contributed by atoms with Crippen molar-refractivity contribution in [1.29, 1.82) is 0 Å². The molecule has 0 bridgehead atoms. The Hall–Kier alpha value is -1.06. The second-order valence-electron chi connectivity index (χ2n) is 4.40. The number of nitrogens with one attached hydrogen (secondary N) is 1. The lowest BCUT2D eigenvalue weighted by molar-refractivity contribution is -0.149. The molecule has 0 atom stereocenters. The fraction of sp³-hybridized carbons (Fsp3) is 0.800. The molecule has 0 aromatic heterocycles. The van der Waals surface area contributed by atoms with Crippen LogP contribution in [-0.2, 0) is 9.59 Å². The maximum atomic E-state index is 11.3. The second-order valence-corrected chi connectivity index (χ2v) is 4.40. The van der Waals surface area contributed by atoms with Gasteiger partial charge in [0.2, 0.25) is 5.91 Å². The summed E-state index contributed by atoms with van der Waals surface area (Å²) in [6.45, 7) is 1.39. The summed E-state index contributed by atoms with van der Waals surface area (Å²) in [5.41, 5.74) is -0.939. The Morgan fingerprint density at radius 3 is 1.86 bits per heavy atom. The topological polar surface area (TPSA) is 66.4 Å². The molecule has 78 valence electrons. The Morgan fingerprint density at radius 1 is 1.21 bits per heavy atom. The Morgan fingerprint density at radius 2 is 1.64 bits per heavy atom. The van der Waals surface area contributed by atoms with Gasteiger partial charge in [-0.3, -0.25) is 4.79 Å². The molecule has 2 saturated carbocycles. The van der Waals surface area contributed by atoms with Crippen LogP contribution in [0.5, 0.6) is 0 Å². The SMILES string of the molecule is CC(=O)NC(C(=O)O)(C1CC1)C1CC1. The summed E-state index contributed by atoms with van der Waals surface area (Å²) in [6, 6.07) is 0. The van der Waals surface area contributed by atoms with Crippen LogP contribution >= 0.6 is 0 Å². The molecule has 0 unspecified atom stereocenters. The average Bonchev–Trinajstić information content (AvgIpc) is 2.90. The van der Waals surface area contributed by atoms with Crippen molar-refractivity contribution in [2.24, 2.45) is 11.8 Å². The zero-order valence-corrected chi connectivity index (χ0v) is 8.25. The van der Waals surface area contributed by atoms with Gasteiger partial charge in [-0.15, -0.1) is 0 Å². The number of hydrogen-bond acceptors (Lipinski definition) is 2. The second kappa shape index (κ2) is 2.97. The summed E-state index contributed by atoms with van der Waals surface area (Å²) in [6.07, 6.45) is 3.73. The zero-order valence-electron chi connectivity index (χ0n) is 8.25. The molecule has 0 spiro atoms. The predicted molar refractivity (Wildman–Crippen MR) is 49.6 cm³/mol. The molecule has 4 nitrogen and oxygen atoms in total. The molecule has 1 amide bonds. The summed E-state index contributed by atoms with van der Waals surface area (Å²) in [7, 11) is 0. The molecule has 0 aromatic rings. The van der Waals surface area contributed by atoms with E-state index in [9.17, 15) is 14.7 Å². The van der Waals surface area contributed by atoms with E-state index in [4.69, 9.17) is 0 Å². The molecule has 2 fully saturated rings. The number of carboxylic acid groups (broad SMARTS) is 1. The predicted octanol–water partition coefficient (Wildman–Crippen LogP) is 0.766. The molecule has 2 rings (SSSR count). The third-order valence-corrected chi connectivity index (χ3v) is 3.18. The largest absolute Gasteiger partial charge is 0.479 e. The molecule has 0 saturated heterocycles. The van der Waals surface area contributed by atoms with Crippen LogP contribution in [0.25, 0.3) is 0 Å². The minimum absolute atomic E-state index is 0.163. The Balaban J connectivity index is 2.23. The standard InChI is InChI=1S/C10H15NO3/c1-6(12)11-10(9(13)14,7-2-3-7)8-4-5-8/h7-8H,2-5H2,1H3,(H,11,12)(H,13,14). The van der Waals surface area contributed by atoms with E-state index >= 15 is 0 Å². The third-order valence-electron chi connectivity index (χ3n) is 3.18. The van der Waals surface area contributed by atoms with Crippen molar-refractivity contribution in [2.45, 2.75) is 38.1 Å². The Labute approximate surface area is 82.7 Å². The minimum Gasteiger partial charge on any atom is -0.479 e. The van der Waals surface area contributed by atoms with E-state index in [0.717, 1.165) is 25.7 Å². The van der Waals surface area contributed by atoms with Crippen LogP contribution in [0.3, 0.4) is 0 Å². The van der Waals surface area contributed by atoms with Gasteiger partial charge in [0.15, 0.2) is 0 Å². The van der Waals surface area contributed by atoms with Gasteiger partial charge >= 0.3 is 5.97 Å². The van der Waals surface area contributed by atoms with E-state index in [1.165, 1.54) is 6.92 Å². The van der Waals surface area contributed by atoms with E-state index in [0.29, 0.717) is 0 Å². The van der Waals surface area contributed by atoms with Crippen molar-refractivity contribution in [3.63, 3.8) is 0 Å². The summed E-state index contributed by atoms with van der Waals surface area (Å²) in [4.78, 5) is 22.4. The van der Waals surface area contributed by atoms with Crippen molar-refractivity contribution >= 4 is 11.9 Å². The molecule has 14 heavy (non-hydrogen) atoms. The quantitative estimate of drug-likeness (QED) is 0.699. The van der Waals surface area contributed by atoms with Crippen LogP contribution in [0.2, 0.25) is 0 Å². The van der Waals surface area contributed by atoms with Crippen LogP contribution in [0.15, 0.2) is 0 Å². The van der Waals surface area contributed by atoms with Gasteiger partial charge in [-0.05, 0) is 37.5 Å². The lowest BCUT2D eigenvalue weighted by atomic mass is 9.87. The molecule has 0 radical (unpaired) electrons. The van der Waals surface area contributed by atoms with Crippen molar-refractivity contribution < 1.29 is 14.7 Å². The molecule has 2 aliphatic rings. The average molecular weight is 197 g/mol. The molecule has 0 heterocycles. The lowest BCUT2D eigenvalue weighted by Gasteiger charge is -2.30. The molecule has 0 aromatic carbocycles. The number of aliphatic carboxylic acids is 1. The first kappa shape index (κ1) is 9.49. The van der Waals surface area contributed by atoms with E-state index in [2.05, 4.69) is 5.32 Å². The molecule has 0 aliphatic heterocycles. The van der Waals surface area contributed by atoms with Crippen LogP contribution in [-0.4, -0.2) is 22.5 Å². The van der Waals surface area contributed by atoms with E-state index < -0.39 is 11.5 Å². The number of rotatable bonds is 4. The number of amides is 1. The normalized spacial score (nSPS) is 21.8. The van der Waals surface area contributed by atoms with Crippen molar-refractivity contribution in [3.05, 3.63) is 0 Å². The first-order valence-electron chi connectivity index (χ1n) is 5.09. The number of carboxylic acids is 1. The maximum absolute atomic E-state index is 11.3. The van der Waals surface area contributed by atoms with Crippen LogP contribution in [0.4, 0.5) is 0 Å². The first-order chi connectivity index (χ1) is 6.57.